The summed E-state index contributed by atoms with van der Waals surface area (Å²) in [6.07, 6.45) is 2.10. The molecular formula is C20H16N6O2. The van der Waals surface area contributed by atoms with Crippen molar-refractivity contribution < 1.29 is 4.79 Å². The molecule has 0 fully saturated rings. The van der Waals surface area contributed by atoms with Crippen molar-refractivity contribution in [1.82, 2.24) is 25.0 Å². The Balaban J connectivity index is 1.73. The number of carbonyl (C=O) groups excluding carboxylic acids is 1. The van der Waals surface area contributed by atoms with Gasteiger partial charge in [-0.05, 0) is 30.7 Å². The van der Waals surface area contributed by atoms with Crippen LogP contribution in [0.3, 0.4) is 0 Å². The molecule has 4 heterocycles. The summed E-state index contributed by atoms with van der Waals surface area (Å²) in [5, 5.41) is 15.0. The van der Waals surface area contributed by atoms with Crippen LogP contribution in [0.1, 0.15) is 29.2 Å². The van der Waals surface area contributed by atoms with Gasteiger partial charge in [-0.15, -0.1) is 0 Å². The number of rotatable bonds is 2. The maximum atomic E-state index is 12.5. The third-order valence-electron chi connectivity index (χ3n) is 5.04. The smallest absolute Gasteiger partial charge is 0.264 e. The van der Waals surface area contributed by atoms with E-state index < -0.39 is 0 Å². The quantitative estimate of drug-likeness (QED) is 0.562. The third-order valence-corrected chi connectivity index (χ3v) is 5.04. The fourth-order valence-electron chi connectivity index (χ4n) is 3.86. The first-order valence-electron chi connectivity index (χ1n) is 8.91. The highest BCUT2D eigenvalue weighted by Gasteiger charge is 2.33. The van der Waals surface area contributed by atoms with E-state index in [0.29, 0.717) is 18.1 Å². The van der Waals surface area contributed by atoms with Crippen molar-refractivity contribution >= 4 is 22.6 Å². The summed E-state index contributed by atoms with van der Waals surface area (Å²) in [6, 6.07) is 12.8. The van der Waals surface area contributed by atoms with Crippen LogP contribution in [0.15, 0.2) is 53.5 Å². The number of H-pyrrole nitrogens is 1. The number of anilines is 1. The van der Waals surface area contributed by atoms with Crippen LogP contribution in [0.5, 0.6) is 0 Å². The van der Waals surface area contributed by atoms with Gasteiger partial charge in [-0.3, -0.25) is 14.6 Å². The van der Waals surface area contributed by atoms with Crippen LogP contribution in [0, 0.1) is 6.92 Å². The summed E-state index contributed by atoms with van der Waals surface area (Å²) >= 11 is 0. The number of aryl methyl sites for hydroxylation is 1. The number of hydrogen-bond donors (Lipinski definition) is 2. The van der Waals surface area contributed by atoms with E-state index in [4.69, 9.17) is 0 Å². The molecule has 1 aliphatic heterocycles. The minimum Gasteiger partial charge on any atom is -0.310 e. The lowest BCUT2D eigenvalue weighted by atomic mass is 9.84. The summed E-state index contributed by atoms with van der Waals surface area (Å²) < 4.78 is 1.56. The molecule has 1 unspecified atom stereocenters. The SMILES string of the molecule is Cc1nn(-c2ccc(=O)[nH]n2)c2c1C(c1ccnc3ccccc13)CC(=O)N2. The number of hydrogen-bond acceptors (Lipinski definition) is 5. The van der Waals surface area contributed by atoms with Gasteiger partial charge >= 0.3 is 0 Å². The largest absolute Gasteiger partial charge is 0.310 e. The van der Waals surface area contributed by atoms with Gasteiger partial charge in [-0.25, -0.2) is 5.10 Å². The zero-order chi connectivity index (χ0) is 19.3. The third kappa shape index (κ3) is 2.50. The average Bonchev–Trinajstić information content (AvgIpc) is 3.04. The van der Waals surface area contributed by atoms with Crippen LogP contribution >= 0.6 is 0 Å². The maximum Gasteiger partial charge on any atom is 0.264 e. The number of carbonyl (C=O) groups is 1. The number of nitrogens with zero attached hydrogens (tertiary/aromatic N) is 4. The fraction of sp³-hybridized carbons (Fsp3) is 0.150. The van der Waals surface area contributed by atoms with E-state index in [-0.39, 0.29) is 17.4 Å². The number of amides is 1. The van der Waals surface area contributed by atoms with Crippen LogP contribution in [-0.4, -0.2) is 30.9 Å². The molecule has 4 aromatic rings. The molecule has 8 nitrogen and oxygen atoms in total. The molecule has 0 bridgehead atoms. The van der Waals surface area contributed by atoms with Gasteiger partial charge in [0.1, 0.15) is 5.82 Å². The molecule has 5 rings (SSSR count). The zero-order valence-electron chi connectivity index (χ0n) is 15.0. The first kappa shape index (κ1) is 16.4. The molecule has 3 aromatic heterocycles. The van der Waals surface area contributed by atoms with E-state index >= 15 is 0 Å². The van der Waals surface area contributed by atoms with E-state index in [1.165, 1.54) is 6.07 Å². The maximum absolute atomic E-state index is 12.5. The predicted octanol–water partition coefficient (Wildman–Crippen LogP) is 2.29. The average molecular weight is 372 g/mol. The lowest BCUT2D eigenvalue weighted by molar-refractivity contribution is -0.116. The van der Waals surface area contributed by atoms with E-state index in [9.17, 15) is 9.59 Å². The van der Waals surface area contributed by atoms with Crippen LogP contribution in [0.4, 0.5) is 5.82 Å². The van der Waals surface area contributed by atoms with Gasteiger partial charge in [0.2, 0.25) is 5.91 Å². The monoisotopic (exact) mass is 372 g/mol. The molecule has 1 aliphatic rings. The minimum absolute atomic E-state index is 0.0935. The second kappa shape index (κ2) is 6.12. The van der Waals surface area contributed by atoms with E-state index in [2.05, 4.69) is 25.6 Å². The Bertz CT molecular complexity index is 1260. The molecule has 1 aromatic carbocycles. The lowest BCUT2D eigenvalue weighted by Gasteiger charge is -2.25. The van der Waals surface area contributed by atoms with Crippen molar-refractivity contribution in [2.75, 3.05) is 5.32 Å². The topological polar surface area (TPSA) is 106 Å². The van der Waals surface area contributed by atoms with E-state index in [0.717, 1.165) is 27.7 Å². The first-order valence-corrected chi connectivity index (χ1v) is 8.91. The second-order valence-corrected chi connectivity index (χ2v) is 6.76. The molecule has 1 atom stereocenters. The van der Waals surface area contributed by atoms with Crippen molar-refractivity contribution in [3.05, 3.63) is 75.8 Å². The number of fused-ring (bicyclic) bond motifs is 2. The summed E-state index contributed by atoms with van der Waals surface area (Å²) in [5.74, 6) is 0.779. The highest BCUT2D eigenvalue weighted by molar-refractivity contribution is 5.96. The fourth-order valence-corrected chi connectivity index (χ4v) is 3.86. The summed E-state index contributed by atoms with van der Waals surface area (Å²) in [5.41, 5.74) is 3.38. The lowest BCUT2D eigenvalue weighted by Crippen LogP contribution is -2.25. The molecule has 0 spiro atoms. The van der Waals surface area contributed by atoms with Gasteiger partial charge in [0.05, 0.1) is 11.2 Å². The van der Waals surface area contributed by atoms with Crippen molar-refractivity contribution in [2.45, 2.75) is 19.3 Å². The predicted molar refractivity (Wildman–Crippen MR) is 104 cm³/mol. The number of aromatic nitrogens is 5. The van der Waals surface area contributed by atoms with Crippen molar-refractivity contribution in [2.24, 2.45) is 0 Å². The van der Waals surface area contributed by atoms with Gasteiger partial charge in [0, 0.05) is 35.6 Å². The van der Waals surface area contributed by atoms with Crippen LogP contribution < -0.4 is 10.9 Å². The molecule has 1 amide bonds. The number of nitrogens with one attached hydrogen (secondary N) is 2. The molecule has 28 heavy (non-hydrogen) atoms. The van der Waals surface area contributed by atoms with Crippen LogP contribution in [0.2, 0.25) is 0 Å². The van der Waals surface area contributed by atoms with Crippen LogP contribution in [-0.2, 0) is 4.79 Å². The number of aromatic amines is 1. The van der Waals surface area contributed by atoms with Gasteiger partial charge in [-0.2, -0.15) is 14.9 Å². The number of pyridine rings is 1. The Morgan fingerprint density at radius 2 is 1.96 bits per heavy atom. The highest BCUT2D eigenvalue weighted by atomic mass is 16.1. The Labute approximate surface area is 159 Å². The van der Waals surface area contributed by atoms with Gasteiger partial charge in [0.25, 0.3) is 5.56 Å². The first-order chi connectivity index (χ1) is 13.6. The van der Waals surface area contributed by atoms with Crippen LogP contribution in [0.25, 0.3) is 16.7 Å². The number of para-hydroxylation sites is 1. The standard InChI is InChI=1S/C20H16N6O2/c1-11-19-14(12-8-9-21-15-5-3-2-4-13(12)15)10-18(28)22-20(19)26(25-11)16-6-7-17(27)24-23-16/h2-9,14H,10H2,1H3,(H,22,28)(H,24,27). The van der Waals surface area contributed by atoms with Crippen molar-refractivity contribution in [1.29, 1.82) is 0 Å². The van der Waals surface area contributed by atoms with Gasteiger partial charge < -0.3 is 5.32 Å². The Morgan fingerprint density at radius 1 is 1.11 bits per heavy atom. The normalized spacial score (nSPS) is 16.0. The Kier molecular flexibility index (Phi) is 3.58. The highest BCUT2D eigenvalue weighted by Crippen LogP contribution is 2.41. The molecular weight excluding hydrogens is 356 g/mol. The minimum atomic E-state index is -0.299. The number of benzene rings is 1. The molecule has 2 N–H and O–H groups in total. The second-order valence-electron chi connectivity index (χ2n) is 6.76. The van der Waals surface area contributed by atoms with Crippen molar-refractivity contribution in [3.63, 3.8) is 0 Å². The summed E-state index contributed by atoms with van der Waals surface area (Å²) in [7, 11) is 0. The summed E-state index contributed by atoms with van der Waals surface area (Å²) in [6.45, 7) is 1.91. The molecule has 0 aliphatic carbocycles. The molecule has 138 valence electrons. The van der Waals surface area contributed by atoms with E-state index in [1.54, 1.807) is 16.9 Å². The Morgan fingerprint density at radius 3 is 2.79 bits per heavy atom. The van der Waals surface area contributed by atoms with Gasteiger partial charge in [-0.1, -0.05) is 18.2 Å². The molecule has 0 radical (unpaired) electrons. The summed E-state index contributed by atoms with van der Waals surface area (Å²) in [4.78, 5) is 28.3. The zero-order valence-corrected chi connectivity index (χ0v) is 15.0. The van der Waals surface area contributed by atoms with Crippen molar-refractivity contribution in [3.8, 4) is 5.82 Å². The molecule has 0 saturated carbocycles. The molecule has 8 heteroatoms. The molecule has 0 saturated heterocycles. The Hall–Kier alpha value is -3.81. The van der Waals surface area contributed by atoms with Gasteiger partial charge in [0.15, 0.2) is 5.82 Å². The van der Waals surface area contributed by atoms with E-state index in [1.807, 2.05) is 37.3 Å².